The number of nitrogens with zero attached hydrogens (tertiary/aromatic N) is 3. The van der Waals surface area contributed by atoms with Gasteiger partial charge in [-0.3, -0.25) is 14.0 Å². The lowest BCUT2D eigenvalue weighted by Crippen LogP contribution is -2.41. The van der Waals surface area contributed by atoms with Crippen LogP contribution in [0.3, 0.4) is 0 Å². The molecule has 134 valence electrons. The SMILES string of the molecule is CC1CCN(C(=O)c2nc(C(=O)NC(C)(C)C)n3ccccc23)CC1. The zero-order valence-corrected chi connectivity index (χ0v) is 15.4. The van der Waals surface area contributed by atoms with Crippen molar-refractivity contribution in [1.29, 1.82) is 0 Å². The van der Waals surface area contributed by atoms with Gasteiger partial charge in [-0.25, -0.2) is 4.98 Å². The highest BCUT2D eigenvalue weighted by Crippen LogP contribution is 2.21. The van der Waals surface area contributed by atoms with E-state index in [1.165, 1.54) is 0 Å². The zero-order chi connectivity index (χ0) is 18.2. The normalized spacial score (nSPS) is 16.2. The van der Waals surface area contributed by atoms with Crippen LogP contribution in [-0.2, 0) is 0 Å². The van der Waals surface area contributed by atoms with Gasteiger partial charge in [-0.05, 0) is 51.7 Å². The molecule has 0 aliphatic carbocycles. The maximum atomic E-state index is 13.0. The molecule has 2 aromatic rings. The molecule has 6 nitrogen and oxygen atoms in total. The first-order chi connectivity index (χ1) is 11.8. The fourth-order valence-electron chi connectivity index (χ4n) is 3.11. The number of amides is 2. The van der Waals surface area contributed by atoms with Crippen LogP contribution >= 0.6 is 0 Å². The highest BCUT2D eigenvalue weighted by atomic mass is 16.2. The van der Waals surface area contributed by atoms with Crippen LogP contribution in [0.2, 0.25) is 0 Å². The number of nitrogens with one attached hydrogen (secondary N) is 1. The van der Waals surface area contributed by atoms with Gasteiger partial charge in [0.25, 0.3) is 11.8 Å². The first-order valence-corrected chi connectivity index (χ1v) is 8.85. The third-order valence-corrected chi connectivity index (χ3v) is 4.51. The molecular formula is C19H26N4O2. The lowest BCUT2D eigenvalue weighted by atomic mass is 9.99. The third-order valence-electron chi connectivity index (χ3n) is 4.51. The second-order valence-corrected chi connectivity index (χ2v) is 7.92. The number of carbonyl (C=O) groups is 2. The van der Waals surface area contributed by atoms with Crippen molar-refractivity contribution in [1.82, 2.24) is 19.6 Å². The number of piperidine rings is 1. The van der Waals surface area contributed by atoms with Gasteiger partial charge in [-0.2, -0.15) is 0 Å². The zero-order valence-electron chi connectivity index (χ0n) is 15.4. The predicted molar refractivity (Wildman–Crippen MR) is 96.7 cm³/mol. The van der Waals surface area contributed by atoms with Crippen LogP contribution in [0.5, 0.6) is 0 Å². The first kappa shape index (κ1) is 17.5. The summed E-state index contributed by atoms with van der Waals surface area (Å²) in [5.41, 5.74) is 0.657. The molecule has 0 radical (unpaired) electrons. The molecule has 6 heteroatoms. The fourth-order valence-corrected chi connectivity index (χ4v) is 3.11. The monoisotopic (exact) mass is 342 g/mol. The Balaban J connectivity index is 1.96. The molecule has 2 amide bonds. The number of pyridine rings is 1. The van der Waals surface area contributed by atoms with E-state index < -0.39 is 0 Å². The average Bonchev–Trinajstić information content (AvgIpc) is 2.93. The Labute approximate surface area is 148 Å². The van der Waals surface area contributed by atoms with Crippen molar-refractivity contribution in [3.05, 3.63) is 35.9 Å². The maximum Gasteiger partial charge on any atom is 0.288 e. The van der Waals surface area contributed by atoms with E-state index in [0.717, 1.165) is 25.9 Å². The van der Waals surface area contributed by atoms with Crippen molar-refractivity contribution in [2.24, 2.45) is 5.92 Å². The topological polar surface area (TPSA) is 66.7 Å². The summed E-state index contributed by atoms with van der Waals surface area (Å²) in [5, 5.41) is 2.92. The summed E-state index contributed by atoms with van der Waals surface area (Å²) >= 11 is 0. The number of likely N-dealkylation sites (tertiary alicyclic amines) is 1. The lowest BCUT2D eigenvalue weighted by Gasteiger charge is -2.29. The van der Waals surface area contributed by atoms with Gasteiger partial charge < -0.3 is 10.2 Å². The Morgan fingerprint density at radius 1 is 1.20 bits per heavy atom. The third kappa shape index (κ3) is 3.67. The fraction of sp³-hybridized carbons (Fsp3) is 0.526. The summed E-state index contributed by atoms with van der Waals surface area (Å²) in [6.07, 6.45) is 3.79. The summed E-state index contributed by atoms with van der Waals surface area (Å²) in [6, 6.07) is 5.53. The number of aromatic nitrogens is 2. The summed E-state index contributed by atoms with van der Waals surface area (Å²) in [5.74, 6) is 0.528. The molecule has 0 atom stereocenters. The summed E-state index contributed by atoms with van der Waals surface area (Å²) in [4.78, 5) is 31.8. The van der Waals surface area contributed by atoms with E-state index in [9.17, 15) is 9.59 Å². The Kier molecular flexibility index (Phi) is 4.54. The second-order valence-electron chi connectivity index (χ2n) is 7.92. The van der Waals surface area contributed by atoms with Crippen LogP contribution < -0.4 is 5.32 Å². The minimum atomic E-state index is -0.370. The number of fused-ring (bicyclic) bond motifs is 1. The molecule has 1 fully saturated rings. The standard InChI is InChI=1S/C19H26N4O2/c1-13-8-11-22(12-9-13)18(25)15-14-7-5-6-10-23(14)16(20-15)17(24)21-19(2,3)4/h5-7,10,13H,8-9,11-12H2,1-4H3,(H,21,24). The largest absolute Gasteiger partial charge is 0.345 e. The molecule has 0 aromatic carbocycles. The molecule has 25 heavy (non-hydrogen) atoms. The molecule has 0 saturated carbocycles. The quantitative estimate of drug-likeness (QED) is 0.912. The summed E-state index contributed by atoms with van der Waals surface area (Å²) in [7, 11) is 0. The molecule has 3 rings (SSSR count). The minimum Gasteiger partial charge on any atom is -0.345 e. The Bertz CT molecular complexity index is 795. The highest BCUT2D eigenvalue weighted by molar-refractivity contribution is 6.02. The number of hydrogen-bond acceptors (Lipinski definition) is 3. The molecule has 0 bridgehead atoms. The van der Waals surface area contributed by atoms with E-state index in [1.54, 1.807) is 10.6 Å². The Morgan fingerprint density at radius 2 is 1.88 bits per heavy atom. The maximum absolute atomic E-state index is 13.0. The van der Waals surface area contributed by atoms with Gasteiger partial charge in [0.2, 0.25) is 5.82 Å². The van der Waals surface area contributed by atoms with Gasteiger partial charge in [-0.1, -0.05) is 13.0 Å². The summed E-state index contributed by atoms with van der Waals surface area (Å²) in [6.45, 7) is 9.46. The van der Waals surface area contributed by atoms with E-state index in [2.05, 4.69) is 17.2 Å². The smallest absolute Gasteiger partial charge is 0.288 e. The van der Waals surface area contributed by atoms with E-state index in [-0.39, 0.29) is 23.2 Å². The molecule has 1 aliphatic heterocycles. The van der Waals surface area contributed by atoms with Crippen LogP contribution in [0.4, 0.5) is 0 Å². The van der Waals surface area contributed by atoms with E-state index in [1.807, 2.05) is 43.9 Å². The van der Waals surface area contributed by atoms with E-state index in [0.29, 0.717) is 17.1 Å². The van der Waals surface area contributed by atoms with Crippen LogP contribution in [-0.4, -0.2) is 44.7 Å². The average molecular weight is 342 g/mol. The molecule has 3 heterocycles. The van der Waals surface area contributed by atoms with E-state index >= 15 is 0 Å². The molecule has 0 unspecified atom stereocenters. The van der Waals surface area contributed by atoms with Crippen molar-refractivity contribution in [3.8, 4) is 0 Å². The van der Waals surface area contributed by atoms with Gasteiger partial charge >= 0.3 is 0 Å². The van der Waals surface area contributed by atoms with Gasteiger partial charge in [-0.15, -0.1) is 0 Å². The number of carbonyl (C=O) groups excluding carboxylic acids is 2. The van der Waals surface area contributed by atoms with Crippen molar-refractivity contribution in [2.75, 3.05) is 13.1 Å². The van der Waals surface area contributed by atoms with Crippen LogP contribution in [0.1, 0.15) is 61.6 Å². The van der Waals surface area contributed by atoms with Crippen LogP contribution in [0.15, 0.2) is 24.4 Å². The Morgan fingerprint density at radius 3 is 2.52 bits per heavy atom. The molecule has 0 spiro atoms. The predicted octanol–water partition coefficient (Wildman–Crippen LogP) is 2.73. The molecule has 1 N–H and O–H groups in total. The van der Waals surface area contributed by atoms with Crippen LogP contribution in [0.25, 0.3) is 5.52 Å². The van der Waals surface area contributed by atoms with Crippen molar-refractivity contribution < 1.29 is 9.59 Å². The van der Waals surface area contributed by atoms with Crippen LogP contribution in [0, 0.1) is 5.92 Å². The minimum absolute atomic E-state index is 0.0922. The van der Waals surface area contributed by atoms with Crippen molar-refractivity contribution >= 4 is 17.3 Å². The van der Waals surface area contributed by atoms with Gasteiger partial charge in [0.1, 0.15) is 0 Å². The second kappa shape index (κ2) is 6.50. The number of rotatable bonds is 2. The van der Waals surface area contributed by atoms with Crippen molar-refractivity contribution in [2.45, 2.75) is 46.1 Å². The Hall–Kier alpha value is -2.37. The molecule has 1 aliphatic rings. The van der Waals surface area contributed by atoms with Gasteiger partial charge in [0.15, 0.2) is 5.69 Å². The summed E-state index contributed by atoms with van der Waals surface area (Å²) < 4.78 is 1.70. The molecular weight excluding hydrogens is 316 g/mol. The van der Waals surface area contributed by atoms with Crippen molar-refractivity contribution in [3.63, 3.8) is 0 Å². The number of hydrogen-bond donors (Lipinski definition) is 1. The van der Waals surface area contributed by atoms with Gasteiger partial charge in [0, 0.05) is 24.8 Å². The first-order valence-electron chi connectivity index (χ1n) is 8.85. The molecule has 1 saturated heterocycles. The van der Waals surface area contributed by atoms with Gasteiger partial charge in [0.05, 0.1) is 5.52 Å². The lowest BCUT2D eigenvalue weighted by molar-refractivity contribution is 0.0694. The van der Waals surface area contributed by atoms with E-state index in [4.69, 9.17) is 0 Å². The molecule has 2 aromatic heterocycles. The highest BCUT2D eigenvalue weighted by Gasteiger charge is 2.28. The number of imidazole rings is 1.